The van der Waals surface area contributed by atoms with E-state index in [9.17, 15) is 4.55 Å². The number of aromatic amines is 1. The fourth-order valence-electron chi connectivity index (χ4n) is 3.95. The van der Waals surface area contributed by atoms with Gasteiger partial charge < -0.3 is 19.2 Å². The van der Waals surface area contributed by atoms with E-state index in [-0.39, 0.29) is 6.04 Å². The number of nitrogens with one attached hydrogen (secondary N) is 2. The molecular formula is C20H22N6O2S. The van der Waals surface area contributed by atoms with Gasteiger partial charge in [0.2, 0.25) is 5.55 Å². The summed E-state index contributed by atoms with van der Waals surface area (Å²) >= 11 is -1.39. The molecule has 0 bridgehead atoms. The molecule has 1 unspecified atom stereocenters. The Labute approximate surface area is 171 Å². The highest BCUT2D eigenvalue weighted by atomic mass is 32.2. The third-order valence-corrected chi connectivity index (χ3v) is 7.34. The summed E-state index contributed by atoms with van der Waals surface area (Å²) in [6, 6.07) is 6.02. The van der Waals surface area contributed by atoms with Crippen molar-refractivity contribution in [1.29, 1.82) is 5.41 Å². The van der Waals surface area contributed by atoms with Crippen molar-refractivity contribution >= 4 is 33.6 Å². The highest BCUT2D eigenvalue weighted by Crippen LogP contribution is 2.52. The van der Waals surface area contributed by atoms with Crippen molar-refractivity contribution in [1.82, 2.24) is 19.9 Å². The molecule has 1 saturated heterocycles. The van der Waals surface area contributed by atoms with E-state index in [0.717, 1.165) is 53.0 Å². The molecular weight excluding hydrogens is 388 g/mol. The Morgan fingerprint density at radius 3 is 3.00 bits per heavy atom. The molecule has 5 rings (SSSR count). The zero-order valence-corrected chi connectivity index (χ0v) is 16.9. The maximum atomic E-state index is 12.6. The van der Waals surface area contributed by atoms with Crippen LogP contribution in [0, 0.1) is 5.41 Å². The molecule has 3 aromatic heterocycles. The van der Waals surface area contributed by atoms with Gasteiger partial charge in [0, 0.05) is 60.0 Å². The Balaban J connectivity index is 1.68. The Morgan fingerprint density at radius 2 is 2.24 bits per heavy atom. The molecule has 1 aliphatic carbocycles. The van der Waals surface area contributed by atoms with Crippen LogP contribution in [0.15, 0.2) is 30.6 Å². The molecule has 0 amide bonds. The summed E-state index contributed by atoms with van der Waals surface area (Å²) in [6.07, 6.45) is 5.12. The second-order valence-corrected chi connectivity index (χ2v) is 9.17. The molecule has 4 heterocycles. The van der Waals surface area contributed by atoms with Crippen molar-refractivity contribution in [2.45, 2.75) is 30.6 Å². The first-order valence-corrected chi connectivity index (χ1v) is 10.9. The minimum Gasteiger partial charge on any atom is -0.610 e. The van der Waals surface area contributed by atoms with Crippen molar-refractivity contribution < 1.29 is 9.29 Å². The predicted octanol–water partition coefficient (Wildman–Crippen LogP) is 2.59. The van der Waals surface area contributed by atoms with E-state index in [4.69, 9.17) is 20.1 Å². The van der Waals surface area contributed by atoms with Crippen LogP contribution in [0.1, 0.15) is 25.5 Å². The summed E-state index contributed by atoms with van der Waals surface area (Å²) in [5.41, 5.74) is 3.44. The maximum Gasteiger partial charge on any atom is 0.201 e. The molecule has 2 N–H and O–H groups in total. The van der Waals surface area contributed by atoms with Crippen molar-refractivity contribution in [3.63, 3.8) is 0 Å². The Kier molecular flexibility index (Phi) is 4.53. The molecule has 3 aromatic rings. The standard InChI is InChI=1S/C20H22N6O2S/c1-13-11-28-9-8-26(13)17-10-16(20(4-5-20)29(27)12-21)24-19(25-17)15-3-7-23-18-14(15)2-6-22-18/h2-3,6-7,10,12-13,21H,4-5,8-9,11H2,1H3,(H,22,23)/t13-,29?/m1/s1. The number of nitrogens with zero attached hydrogens (tertiary/aromatic N) is 4. The van der Waals surface area contributed by atoms with Crippen molar-refractivity contribution in [2.24, 2.45) is 0 Å². The molecule has 29 heavy (non-hydrogen) atoms. The van der Waals surface area contributed by atoms with Crippen LogP contribution < -0.4 is 4.90 Å². The summed E-state index contributed by atoms with van der Waals surface area (Å²) < 4.78 is 17.6. The molecule has 1 saturated carbocycles. The quantitative estimate of drug-likeness (QED) is 0.380. The molecule has 1 aliphatic heterocycles. The van der Waals surface area contributed by atoms with Crippen LogP contribution in [0.4, 0.5) is 5.82 Å². The van der Waals surface area contributed by atoms with E-state index in [1.54, 1.807) is 6.20 Å². The molecule has 0 aromatic carbocycles. The summed E-state index contributed by atoms with van der Waals surface area (Å²) in [5.74, 6) is 1.41. The monoisotopic (exact) mass is 410 g/mol. The van der Waals surface area contributed by atoms with Gasteiger partial charge in [-0.25, -0.2) is 15.0 Å². The second kappa shape index (κ2) is 7.08. The van der Waals surface area contributed by atoms with Crippen LogP contribution in [0.5, 0.6) is 0 Å². The summed E-state index contributed by atoms with van der Waals surface area (Å²) in [6.45, 7) is 4.14. The zero-order valence-electron chi connectivity index (χ0n) is 16.1. The fraction of sp³-hybridized carbons (Fsp3) is 0.400. The number of ether oxygens (including phenoxy) is 1. The fourth-order valence-corrected chi connectivity index (χ4v) is 4.99. The minimum atomic E-state index is -1.39. The largest absolute Gasteiger partial charge is 0.610 e. The van der Waals surface area contributed by atoms with Crippen LogP contribution in [-0.2, 0) is 20.7 Å². The first-order valence-electron chi connectivity index (χ1n) is 9.70. The number of morpholine rings is 1. The number of hydrogen-bond donors (Lipinski definition) is 2. The Bertz CT molecular complexity index is 1070. The van der Waals surface area contributed by atoms with Crippen LogP contribution >= 0.6 is 0 Å². The van der Waals surface area contributed by atoms with Gasteiger partial charge >= 0.3 is 0 Å². The number of rotatable bonds is 5. The summed E-state index contributed by atoms with van der Waals surface area (Å²) in [7, 11) is 0. The van der Waals surface area contributed by atoms with Crippen LogP contribution in [-0.4, -0.2) is 55.8 Å². The van der Waals surface area contributed by atoms with E-state index < -0.39 is 15.9 Å². The van der Waals surface area contributed by atoms with E-state index in [1.807, 2.05) is 24.4 Å². The van der Waals surface area contributed by atoms with E-state index in [2.05, 4.69) is 21.8 Å². The lowest BCUT2D eigenvalue weighted by Gasteiger charge is -2.34. The number of fused-ring (bicyclic) bond motifs is 1. The highest BCUT2D eigenvalue weighted by Gasteiger charge is 2.57. The van der Waals surface area contributed by atoms with Crippen LogP contribution in [0.3, 0.4) is 0 Å². The predicted molar refractivity (Wildman–Crippen MR) is 113 cm³/mol. The Morgan fingerprint density at radius 1 is 1.38 bits per heavy atom. The van der Waals surface area contributed by atoms with Gasteiger partial charge in [-0.1, -0.05) is 0 Å². The SMILES string of the molecule is C[C@@H]1COCCN1c1cc(C2([S+]([O-])C=N)CC2)nc(-c2ccnc3[nH]ccc23)n1. The zero-order chi connectivity index (χ0) is 20.0. The first kappa shape index (κ1) is 18.5. The summed E-state index contributed by atoms with van der Waals surface area (Å²) in [4.78, 5) is 19.5. The van der Waals surface area contributed by atoms with E-state index in [1.165, 1.54) is 0 Å². The second-order valence-electron chi connectivity index (χ2n) is 7.56. The number of aromatic nitrogens is 4. The number of anilines is 1. The molecule has 0 spiro atoms. The highest BCUT2D eigenvalue weighted by molar-refractivity contribution is 8.05. The lowest BCUT2D eigenvalue weighted by Crippen LogP contribution is -2.44. The minimum absolute atomic E-state index is 0.187. The third kappa shape index (κ3) is 3.09. The lowest BCUT2D eigenvalue weighted by molar-refractivity contribution is 0.0985. The van der Waals surface area contributed by atoms with Gasteiger partial charge in [-0.15, -0.1) is 0 Å². The van der Waals surface area contributed by atoms with Crippen molar-refractivity contribution in [2.75, 3.05) is 24.7 Å². The van der Waals surface area contributed by atoms with Gasteiger partial charge in [0.1, 0.15) is 17.2 Å². The van der Waals surface area contributed by atoms with E-state index in [0.29, 0.717) is 19.0 Å². The van der Waals surface area contributed by atoms with Gasteiger partial charge in [0.05, 0.1) is 19.3 Å². The van der Waals surface area contributed by atoms with Gasteiger partial charge in [-0.3, -0.25) is 5.41 Å². The van der Waals surface area contributed by atoms with Crippen LogP contribution in [0.25, 0.3) is 22.4 Å². The first-order chi connectivity index (χ1) is 14.1. The maximum absolute atomic E-state index is 12.6. The molecule has 2 aliphatic rings. The molecule has 0 radical (unpaired) electrons. The number of H-pyrrole nitrogens is 1. The van der Waals surface area contributed by atoms with Crippen molar-refractivity contribution in [3.8, 4) is 11.4 Å². The third-order valence-electron chi connectivity index (χ3n) is 5.74. The average molecular weight is 411 g/mol. The average Bonchev–Trinajstić information content (AvgIpc) is 3.43. The number of hydrogen-bond acceptors (Lipinski definition) is 7. The molecule has 9 heteroatoms. The van der Waals surface area contributed by atoms with Gasteiger partial charge in [0.15, 0.2) is 10.6 Å². The van der Waals surface area contributed by atoms with Gasteiger partial charge in [0.25, 0.3) is 0 Å². The lowest BCUT2D eigenvalue weighted by atomic mass is 10.1. The molecule has 150 valence electrons. The van der Waals surface area contributed by atoms with Gasteiger partial charge in [-0.05, 0) is 19.1 Å². The molecule has 2 fully saturated rings. The van der Waals surface area contributed by atoms with Crippen LogP contribution in [0.2, 0.25) is 0 Å². The molecule has 2 atom stereocenters. The van der Waals surface area contributed by atoms with E-state index >= 15 is 0 Å². The Hall–Kier alpha value is -2.49. The normalized spacial score (nSPS) is 21.9. The van der Waals surface area contributed by atoms with Gasteiger partial charge in [-0.2, -0.15) is 0 Å². The molecule has 8 nitrogen and oxygen atoms in total. The topological polar surface area (TPSA) is 114 Å². The summed E-state index contributed by atoms with van der Waals surface area (Å²) in [5, 5.41) is 8.48. The van der Waals surface area contributed by atoms with Crippen molar-refractivity contribution in [3.05, 3.63) is 36.3 Å². The number of pyridine rings is 1. The smallest absolute Gasteiger partial charge is 0.201 e.